The van der Waals surface area contributed by atoms with Crippen LogP contribution in [0.15, 0.2) is 62.5 Å². The van der Waals surface area contributed by atoms with E-state index in [1.807, 2.05) is 36.4 Å². The highest BCUT2D eigenvalue weighted by atomic mass is 16.5. The van der Waals surface area contributed by atoms with Crippen LogP contribution in [0.3, 0.4) is 0 Å². The van der Waals surface area contributed by atoms with Crippen LogP contribution in [0.4, 0.5) is 5.88 Å². The molecule has 160 valence electrons. The van der Waals surface area contributed by atoms with Gasteiger partial charge in [0.2, 0.25) is 11.6 Å². The van der Waals surface area contributed by atoms with E-state index in [1.165, 1.54) is 11.6 Å². The maximum Gasteiger partial charge on any atom is 0.333 e. The number of ether oxygens (including phenoxy) is 2. The first-order chi connectivity index (χ1) is 15.0. The maximum absolute atomic E-state index is 13.1. The normalized spacial score (nSPS) is 11.0. The number of anilines is 1. The number of benzene rings is 2. The molecule has 0 aliphatic carbocycles. The molecule has 0 aliphatic rings. The third-order valence-corrected chi connectivity index (χ3v) is 5.25. The predicted octanol–water partition coefficient (Wildman–Crippen LogP) is 3.13. The van der Waals surface area contributed by atoms with Crippen molar-refractivity contribution >= 4 is 17.0 Å². The van der Waals surface area contributed by atoms with Crippen molar-refractivity contribution in [2.75, 3.05) is 19.5 Å². The van der Waals surface area contributed by atoms with E-state index >= 15 is 0 Å². The van der Waals surface area contributed by atoms with E-state index in [4.69, 9.17) is 13.9 Å². The smallest absolute Gasteiger partial charge is 0.333 e. The van der Waals surface area contributed by atoms with E-state index in [9.17, 15) is 9.59 Å². The Hall–Kier alpha value is -3.94. The summed E-state index contributed by atoms with van der Waals surface area (Å²) in [4.78, 5) is 25.5. The molecule has 2 aromatic heterocycles. The van der Waals surface area contributed by atoms with Gasteiger partial charge < -0.3 is 19.2 Å². The maximum atomic E-state index is 13.1. The van der Waals surface area contributed by atoms with Gasteiger partial charge in [-0.2, -0.15) is 0 Å². The number of rotatable bonds is 6. The summed E-state index contributed by atoms with van der Waals surface area (Å²) in [5, 5.41) is 3.59. The van der Waals surface area contributed by atoms with Crippen molar-refractivity contribution in [2.45, 2.75) is 6.54 Å². The summed E-state index contributed by atoms with van der Waals surface area (Å²) in [6.45, 7) is 0.481. The Morgan fingerprint density at radius 3 is 2.32 bits per heavy atom. The van der Waals surface area contributed by atoms with Crippen LogP contribution in [0.2, 0.25) is 0 Å². The zero-order valence-corrected chi connectivity index (χ0v) is 17.8. The number of hydrogen-bond donors (Lipinski definition) is 1. The fraction of sp³-hybridized carbons (Fsp3) is 0.217. The van der Waals surface area contributed by atoms with Crippen LogP contribution in [0, 0.1) is 0 Å². The summed E-state index contributed by atoms with van der Waals surface area (Å²) < 4.78 is 19.2. The highest BCUT2D eigenvalue weighted by Gasteiger charge is 2.24. The van der Waals surface area contributed by atoms with Crippen molar-refractivity contribution in [1.29, 1.82) is 0 Å². The predicted molar refractivity (Wildman–Crippen MR) is 119 cm³/mol. The molecule has 0 amide bonds. The lowest BCUT2D eigenvalue weighted by Gasteiger charge is -2.11. The van der Waals surface area contributed by atoms with Crippen LogP contribution < -0.4 is 26.0 Å². The van der Waals surface area contributed by atoms with Crippen molar-refractivity contribution in [1.82, 2.24) is 9.13 Å². The minimum atomic E-state index is -0.459. The molecule has 0 saturated carbocycles. The standard InChI is InChI=1S/C23H23N3O5/c1-25-21(27)19-18(15-10-11-16(29-3)17(12-15)30-4)20(31-22(19)26(2)23(25)28)24-13-14-8-6-5-7-9-14/h5-12,24H,13H2,1-4H3. The Bertz CT molecular complexity index is 1370. The molecule has 0 bridgehead atoms. The van der Waals surface area contributed by atoms with E-state index in [0.717, 1.165) is 10.1 Å². The summed E-state index contributed by atoms with van der Waals surface area (Å²) in [5.41, 5.74) is 1.61. The monoisotopic (exact) mass is 421 g/mol. The first-order valence-electron chi connectivity index (χ1n) is 9.69. The van der Waals surface area contributed by atoms with Gasteiger partial charge in [-0.3, -0.25) is 13.9 Å². The Morgan fingerprint density at radius 2 is 1.65 bits per heavy atom. The van der Waals surface area contributed by atoms with Gasteiger partial charge in [0, 0.05) is 20.6 Å². The summed E-state index contributed by atoms with van der Waals surface area (Å²) in [5.74, 6) is 1.48. The number of nitrogens with zero attached hydrogens (tertiary/aromatic N) is 2. The second-order valence-corrected chi connectivity index (χ2v) is 7.10. The number of furan rings is 1. The van der Waals surface area contributed by atoms with Crippen molar-refractivity contribution in [3.05, 3.63) is 74.9 Å². The molecule has 0 radical (unpaired) electrons. The molecule has 0 aliphatic heterocycles. The third kappa shape index (κ3) is 3.46. The Kier molecular flexibility index (Phi) is 5.29. The molecule has 0 saturated heterocycles. The van der Waals surface area contributed by atoms with Gasteiger partial charge in [-0.1, -0.05) is 36.4 Å². The van der Waals surface area contributed by atoms with E-state index in [-0.39, 0.29) is 5.71 Å². The molecule has 2 aromatic carbocycles. The molecule has 1 N–H and O–H groups in total. The molecule has 8 heteroatoms. The van der Waals surface area contributed by atoms with Crippen LogP contribution in [0.25, 0.3) is 22.2 Å². The summed E-state index contributed by atoms with van der Waals surface area (Å²) in [6, 6.07) is 15.2. The SMILES string of the molecule is COc1ccc(-c2c(NCc3ccccc3)oc3c2c(=O)n(C)c(=O)n3C)cc1OC. The zero-order chi connectivity index (χ0) is 22.1. The molecule has 2 heterocycles. The van der Waals surface area contributed by atoms with Crippen LogP contribution in [-0.2, 0) is 20.6 Å². The van der Waals surface area contributed by atoms with Gasteiger partial charge in [-0.05, 0) is 23.3 Å². The molecular weight excluding hydrogens is 398 g/mol. The fourth-order valence-corrected chi connectivity index (χ4v) is 3.59. The second kappa shape index (κ2) is 8.06. The summed E-state index contributed by atoms with van der Waals surface area (Å²) >= 11 is 0. The van der Waals surface area contributed by atoms with Gasteiger partial charge in [0.25, 0.3) is 5.56 Å². The highest BCUT2D eigenvalue weighted by Crippen LogP contribution is 2.40. The van der Waals surface area contributed by atoms with Gasteiger partial charge in [0.15, 0.2) is 11.5 Å². The average molecular weight is 421 g/mol. The lowest BCUT2D eigenvalue weighted by atomic mass is 10.0. The van der Waals surface area contributed by atoms with E-state index in [2.05, 4.69) is 5.32 Å². The van der Waals surface area contributed by atoms with Crippen LogP contribution in [0.5, 0.6) is 11.5 Å². The summed E-state index contributed by atoms with van der Waals surface area (Å²) in [7, 11) is 6.13. The Labute approximate surface area is 178 Å². The number of methoxy groups -OCH3 is 2. The van der Waals surface area contributed by atoms with Gasteiger partial charge in [0.1, 0.15) is 5.39 Å². The number of nitrogens with one attached hydrogen (secondary N) is 1. The molecule has 0 unspecified atom stereocenters. The minimum Gasteiger partial charge on any atom is -0.493 e. The number of fused-ring (bicyclic) bond motifs is 1. The van der Waals surface area contributed by atoms with Crippen molar-refractivity contribution < 1.29 is 13.9 Å². The first kappa shape index (κ1) is 20.3. The number of aryl methyl sites for hydroxylation is 1. The van der Waals surface area contributed by atoms with Crippen molar-refractivity contribution in [3.63, 3.8) is 0 Å². The third-order valence-electron chi connectivity index (χ3n) is 5.25. The molecule has 4 rings (SSSR count). The quantitative estimate of drug-likeness (QED) is 0.515. The largest absolute Gasteiger partial charge is 0.493 e. The minimum absolute atomic E-state index is 0.202. The Morgan fingerprint density at radius 1 is 0.935 bits per heavy atom. The van der Waals surface area contributed by atoms with Crippen molar-refractivity contribution in [3.8, 4) is 22.6 Å². The Balaban J connectivity index is 1.96. The molecule has 0 fully saturated rings. The van der Waals surface area contributed by atoms with Crippen LogP contribution in [0.1, 0.15) is 5.56 Å². The van der Waals surface area contributed by atoms with Gasteiger partial charge in [-0.15, -0.1) is 0 Å². The lowest BCUT2D eigenvalue weighted by Crippen LogP contribution is -2.36. The molecule has 8 nitrogen and oxygen atoms in total. The van der Waals surface area contributed by atoms with E-state index in [0.29, 0.717) is 40.4 Å². The van der Waals surface area contributed by atoms with E-state index < -0.39 is 11.2 Å². The average Bonchev–Trinajstić information content (AvgIpc) is 3.20. The molecular formula is C23H23N3O5. The fourth-order valence-electron chi connectivity index (χ4n) is 3.59. The molecule has 0 atom stereocenters. The second-order valence-electron chi connectivity index (χ2n) is 7.10. The molecule has 4 aromatic rings. The van der Waals surface area contributed by atoms with Gasteiger partial charge in [-0.25, -0.2) is 4.79 Å². The van der Waals surface area contributed by atoms with Gasteiger partial charge >= 0.3 is 5.69 Å². The van der Waals surface area contributed by atoms with E-state index in [1.54, 1.807) is 33.4 Å². The highest BCUT2D eigenvalue weighted by molar-refractivity contribution is 5.99. The van der Waals surface area contributed by atoms with Crippen LogP contribution in [-0.4, -0.2) is 23.4 Å². The molecule has 0 spiro atoms. The van der Waals surface area contributed by atoms with Crippen molar-refractivity contribution in [2.24, 2.45) is 14.1 Å². The summed E-state index contributed by atoms with van der Waals surface area (Å²) in [6.07, 6.45) is 0. The number of aromatic nitrogens is 2. The number of hydrogen-bond acceptors (Lipinski definition) is 6. The topological polar surface area (TPSA) is 87.6 Å². The van der Waals surface area contributed by atoms with Crippen LogP contribution >= 0.6 is 0 Å². The first-order valence-corrected chi connectivity index (χ1v) is 9.69. The lowest BCUT2D eigenvalue weighted by molar-refractivity contribution is 0.355. The zero-order valence-electron chi connectivity index (χ0n) is 17.8. The molecule has 31 heavy (non-hydrogen) atoms. The van der Waals surface area contributed by atoms with Gasteiger partial charge in [0.05, 0.1) is 19.8 Å².